The van der Waals surface area contributed by atoms with Gasteiger partial charge in [0.05, 0.1) is 25.1 Å². The molecule has 0 radical (unpaired) electrons. The average molecular weight is 324 g/mol. The summed E-state index contributed by atoms with van der Waals surface area (Å²) in [7, 11) is 0. The molecule has 1 aliphatic rings. The van der Waals surface area contributed by atoms with Gasteiger partial charge in [-0.15, -0.1) is 0 Å². The lowest BCUT2D eigenvalue weighted by atomic mass is 10.2. The molecule has 1 atom stereocenters. The summed E-state index contributed by atoms with van der Waals surface area (Å²) in [5.41, 5.74) is 1.85. The molecule has 0 bridgehead atoms. The number of carbonyl (C=O) groups excluding carboxylic acids is 1. The van der Waals surface area contributed by atoms with Crippen LogP contribution in [0.1, 0.15) is 37.1 Å². The fourth-order valence-corrected chi connectivity index (χ4v) is 2.89. The van der Waals surface area contributed by atoms with Gasteiger partial charge in [-0.2, -0.15) is 0 Å². The van der Waals surface area contributed by atoms with E-state index in [0.29, 0.717) is 12.6 Å². The number of hydrogen-bond acceptors (Lipinski definition) is 3. The Balaban J connectivity index is 1.47. The van der Waals surface area contributed by atoms with E-state index in [0.717, 1.165) is 35.1 Å². The highest BCUT2D eigenvalue weighted by Crippen LogP contribution is 2.29. The van der Waals surface area contributed by atoms with Crippen LogP contribution in [-0.4, -0.2) is 17.0 Å². The molecule has 5 heteroatoms. The maximum absolute atomic E-state index is 12.7. The van der Waals surface area contributed by atoms with Crippen molar-refractivity contribution in [1.82, 2.24) is 10.2 Å². The zero-order chi connectivity index (χ0) is 16.5. The van der Waals surface area contributed by atoms with Gasteiger partial charge >= 0.3 is 6.03 Å². The minimum absolute atomic E-state index is 0.0633. The van der Waals surface area contributed by atoms with Crippen LogP contribution in [-0.2, 0) is 6.54 Å². The van der Waals surface area contributed by atoms with E-state index in [1.54, 1.807) is 12.5 Å². The van der Waals surface area contributed by atoms with E-state index in [1.807, 2.05) is 48.2 Å². The van der Waals surface area contributed by atoms with Crippen LogP contribution in [0.2, 0.25) is 0 Å². The van der Waals surface area contributed by atoms with Crippen LogP contribution in [0.15, 0.2) is 57.8 Å². The van der Waals surface area contributed by atoms with Crippen LogP contribution in [0.25, 0.3) is 11.0 Å². The Morgan fingerprint density at radius 3 is 2.88 bits per heavy atom. The number of para-hydroxylation sites is 1. The summed E-state index contributed by atoms with van der Waals surface area (Å²) in [6.07, 6.45) is 5.44. The number of rotatable bonds is 5. The average Bonchev–Trinajstić information content (AvgIpc) is 3.12. The predicted octanol–water partition coefficient (Wildman–Crippen LogP) is 4.46. The second-order valence-corrected chi connectivity index (χ2v) is 6.35. The molecule has 124 valence electrons. The van der Waals surface area contributed by atoms with Crippen molar-refractivity contribution in [3.05, 3.63) is 60.2 Å². The highest BCUT2D eigenvalue weighted by Gasteiger charge is 2.33. The monoisotopic (exact) mass is 324 g/mol. The van der Waals surface area contributed by atoms with Crippen molar-refractivity contribution in [1.29, 1.82) is 0 Å². The Bertz CT molecular complexity index is 800. The molecule has 4 rings (SSSR count). The predicted molar refractivity (Wildman–Crippen MR) is 90.4 cm³/mol. The minimum Gasteiger partial charge on any atom is -0.472 e. The molecule has 3 aromatic rings. The van der Waals surface area contributed by atoms with Gasteiger partial charge in [0.1, 0.15) is 11.3 Å². The number of carbonyl (C=O) groups is 1. The maximum Gasteiger partial charge on any atom is 0.318 e. The van der Waals surface area contributed by atoms with E-state index in [2.05, 4.69) is 5.32 Å². The molecule has 0 spiro atoms. The third kappa shape index (κ3) is 3.02. The van der Waals surface area contributed by atoms with Gasteiger partial charge in [0.2, 0.25) is 0 Å². The number of furan rings is 2. The quantitative estimate of drug-likeness (QED) is 0.754. The first kappa shape index (κ1) is 14.9. The minimum atomic E-state index is -0.185. The first-order chi connectivity index (χ1) is 11.7. The van der Waals surface area contributed by atoms with Gasteiger partial charge in [-0.3, -0.25) is 0 Å². The van der Waals surface area contributed by atoms with Crippen molar-refractivity contribution in [2.24, 2.45) is 0 Å². The molecular weight excluding hydrogens is 304 g/mol. The largest absolute Gasteiger partial charge is 0.472 e. The fourth-order valence-electron chi connectivity index (χ4n) is 2.89. The van der Waals surface area contributed by atoms with Gasteiger partial charge in [0.25, 0.3) is 0 Å². The van der Waals surface area contributed by atoms with Crippen LogP contribution < -0.4 is 5.32 Å². The maximum atomic E-state index is 12.7. The molecule has 0 aliphatic heterocycles. The van der Waals surface area contributed by atoms with Crippen molar-refractivity contribution in [2.75, 3.05) is 0 Å². The van der Waals surface area contributed by atoms with E-state index in [-0.39, 0.29) is 12.1 Å². The third-order valence-electron chi connectivity index (χ3n) is 4.39. The zero-order valence-corrected chi connectivity index (χ0v) is 13.6. The molecular formula is C19H20N2O3. The first-order valence-electron chi connectivity index (χ1n) is 8.27. The molecule has 2 heterocycles. The normalized spacial score (nSPS) is 15.4. The standard InChI is InChI=1S/C19H20N2O3/c1-13(18-10-15-4-2-3-5-17(15)24-18)20-19(22)21(16-6-7-16)11-14-8-9-23-12-14/h2-5,8-10,12-13,16H,6-7,11H2,1H3,(H,20,22)/t13-/m1/s1. The summed E-state index contributed by atoms with van der Waals surface area (Å²) in [6.45, 7) is 2.51. The number of nitrogens with zero attached hydrogens (tertiary/aromatic N) is 1. The van der Waals surface area contributed by atoms with Gasteiger partial charge in [-0.1, -0.05) is 18.2 Å². The number of fused-ring (bicyclic) bond motifs is 1. The van der Waals surface area contributed by atoms with Gasteiger partial charge < -0.3 is 19.1 Å². The third-order valence-corrected chi connectivity index (χ3v) is 4.39. The summed E-state index contributed by atoms with van der Waals surface area (Å²) in [5.74, 6) is 0.767. The summed E-state index contributed by atoms with van der Waals surface area (Å²) in [6, 6.07) is 11.8. The molecule has 0 unspecified atom stereocenters. The zero-order valence-electron chi connectivity index (χ0n) is 13.6. The fraction of sp³-hybridized carbons (Fsp3) is 0.316. The van der Waals surface area contributed by atoms with Crippen molar-refractivity contribution in [3.8, 4) is 0 Å². The molecule has 5 nitrogen and oxygen atoms in total. The van der Waals surface area contributed by atoms with Crippen molar-refractivity contribution in [2.45, 2.75) is 38.4 Å². The summed E-state index contributed by atoms with van der Waals surface area (Å²) < 4.78 is 11.0. The van der Waals surface area contributed by atoms with Crippen LogP contribution in [0.4, 0.5) is 4.79 Å². The highest BCUT2D eigenvalue weighted by molar-refractivity contribution is 5.79. The molecule has 24 heavy (non-hydrogen) atoms. The number of hydrogen-bond donors (Lipinski definition) is 1. The summed E-state index contributed by atoms with van der Waals surface area (Å²) >= 11 is 0. The van der Waals surface area contributed by atoms with Gasteiger partial charge in [-0.25, -0.2) is 4.79 Å². The summed E-state index contributed by atoms with van der Waals surface area (Å²) in [4.78, 5) is 14.6. The van der Waals surface area contributed by atoms with Crippen LogP contribution >= 0.6 is 0 Å². The Morgan fingerprint density at radius 2 is 2.17 bits per heavy atom. The summed E-state index contributed by atoms with van der Waals surface area (Å²) in [5, 5.41) is 4.10. The molecule has 2 aromatic heterocycles. The number of benzene rings is 1. The lowest BCUT2D eigenvalue weighted by molar-refractivity contribution is 0.187. The Hall–Kier alpha value is -2.69. The van der Waals surface area contributed by atoms with E-state index >= 15 is 0 Å². The van der Waals surface area contributed by atoms with E-state index < -0.39 is 0 Å². The van der Waals surface area contributed by atoms with Crippen molar-refractivity contribution < 1.29 is 13.6 Å². The highest BCUT2D eigenvalue weighted by atomic mass is 16.3. The SMILES string of the molecule is C[C@@H](NC(=O)N(Cc1ccoc1)C1CC1)c1cc2ccccc2o1. The van der Waals surface area contributed by atoms with E-state index in [1.165, 1.54) is 0 Å². The lowest BCUT2D eigenvalue weighted by Gasteiger charge is -2.24. The first-order valence-corrected chi connectivity index (χ1v) is 8.27. The van der Waals surface area contributed by atoms with Crippen LogP contribution in [0.5, 0.6) is 0 Å². The molecule has 1 fully saturated rings. The molecule has 0 saturated heterocycles. The van der Waals surface area contributed by atoms with E-state index in [9.17, 15) is 4.79 Å². The molecule has 2 amide bonds. The number of nitrogens with one attached hydrogen (secondary N) is 1. The second-order valence-electron chi connectivity index (χ2n) is 6.35. The van der Waals surface area contributed by atoms with Gasteiger partial charge in [0.15, 0.2) is 0 Å². The Kier molecular flexibility index (Phi) is 3.76. The van der Waals surface area contributed by atoms with E-state index in [4.69, 9.17) is 8.83 Å². The van der Waals surface area contributed by atoms with Crippen molar-refractivity contribution in [3.63, 3.8) is 0 Å². The number of urea groups is 1. The van der Waals surface area contributed by atoms with Gasteiger partial charge in [0, 0.05) is 17.0 Å². The molecule has 1 N–H and O–H groups in total. The Labute approximate surface area is 140 Å². The molecule has 1 aliphatic carbocycles. The van der Waals surface area contributed by atoms with Crippen molar-refractivity contribution >= 4 is 17.0 Å². The molecule has 1 aromatic carbocycles. The lowest BCUT2D eigenvalue weighted by Crippen LogP contribution is -2.41. The Morgan fingerprint density at radius 1 is 1.33 bits per heavy atom. The van der Waals surface area contributed by atoms with Gasteiger partial charge in [-0.05, 0) is 38.0 Å². The van der Waals surface area contributed by atoms with Crippen LogP contribution in [0.3, 0.4) is 0 Å². The smallest absolute Gasteiger partial charge is 0.318 e. The number of amides is 2. The van der Waals surface area contributed by atoms with Crippen LogP contribution in [0, 0.1) is 0 Å². The topological polar surface area (TPSA) is 58.6 Å². The molecule has 1 saturated carbocycles. The second kappa shape index (κ2) is 6.07.